The molecule has 0 aromatic heterocycles. The summed E-state index contributed by atoms with van der Waals surface area (Å²) in [6, 6.07) is 5.96. The molecule has 0 atom stereocenters. The van der Waals surface area contributed by atoms with Gasteiger partial charge in [-0.2, -0.15) is 0 Å². The lowest BCUT2D eigenvalue weighted by Crippen LogP contribution is -2.36. The van der Waals surface area contributed by atoms with Crippen molar-refractivity contribution in [3.8, 4) is 0 Å². The van der Waals surface area contributed by atoms with Gasteiger partial charge >= 0.3 is 11.9 Å². The molecule has 1 N–H and O–H groups in total. The molecule has 0 saturated carbocycles. The van der Waals surface area contributed by atoms with Crippen LogP contribution >= 0.6 is 0 Å². The Labute approximate surface area is 114 Å². The molecule has 0 aliphatic heterocycles. The van der Waals surface area contributed by atoms with Gasteiger partial charge in [-0.1, -0.05) is 23.8 Å². The van der Waals surface area contributed by atoms with E-state index < -0.39 is 17.5 Å². The van der Waals surface area contributed by atoms with Gasteiger partial charge in [0.2, 0.25) is 0 Å². The fourth-order valence-corrected chi connectivity index (χ4v) is 1.62. The van der Waals surface area contributed by atoms with Crippen LogP contribution in [0.25, 0.3) is 0 Å². The molecule has 1 aromatic carbocycles. The van der Waals surface area contributed by atoms with Gasteiger partial charge in [0.1, 0.15) is 5.60 Å². The van der Waals surface area contributed by atoms with Crippen LogP contribution in [-0.4, -0.2) is 17.5 Å². The lowest BCUT2D eigenvalue weighted by Gasteiger charge is -2.19. The minimum Gasteiger partial charge on any atom is -0.453 e. The topological polar surface area (TPSA) is 55.4 Å². The molecule has 0 aliphatic carbocycles. The van der Waals surface area contributed by atoms with Crippen LogP contribution in [0.1, 0.15) is 37.5 Å². The standard InChI is InChI=1S/C15H21NO3/c1-10-6-7-12(11(2)8-10)9-16-13(17)14(18)19-15(3,4)5/h6-8H,9H2,1-5H3,(H,16,17). The van der Waals surface area contributed by atoms with Gasteiger partial charge in [-0.3, -0.25) is 4.79 Å². The van der Waals surface area contributed by atoms with Gasteiger partial charge in [0.15, 0.2) is 0 Å². The molecular weight excluding hydrogens is 242 g/mol. The van der Waals surface area contributed by atoms with Crippen LogP contribution in [0.4, 0.5) is 0 Å². The highest BCUT2D eigenvalue weighted by Crippen LogP contribution is 2.10. The predicted molar refractivity (Wildman–Crippen MR) is 73.6 cm³/mol. The van der Waals surface area contributed by atoms with E-state index in [1.165, 1.54) is 5.56 Å². The first kappa shape index (κ1) is 15.2. The third-order valence-electron chi connectivity index (χ3n) is 2.52. The van der Waals surface area contributed by atoms with Gasteiger partial charge in [-0.25, -0.2) is 4.79 Å². The second-order valence-electron chi connectivity index (χ2n) is 5.61. The number of ether oxygens (including phenoxy) is 1. The first-order valence-electron chi connectivity index (χ1n) is 6.26. The Hall–Kier alpha value is -1.84. The number of amides is 1. The predicted octanol–water partition coefficient (Wildman–Crippen LogP) is 2.26. The average molecular weight is 263 g/mol. The van der Waals surface area contributed by atoms with Gasteiger partial charge in [0.25, 0.3) is 0 Å². The molecule has 1 rings (SSSR count). The van der Waals surface area contributed by atoms with Gasteiger partial charge in [-0.05, 0) is 45.7 Å². The Bertz CT molecular complexity index is 487. The van der Waals surface area contributed by atoms with E-state index in [0.29, 0.717) is 6.54 Å². The van der Waals surface area contributed by atoms with E-state index in [0.717, 1.165) is 11.1 Å². The van der Waals surface area contributed by atoms with Crippen molar-refractivity contribution in [2.24, 2.45) is 0 Å². The van der Waals surface area contributed by atoms with Crippen molar-refractivity contribution in [2.75, 3.05) is 0 Å². The molecule has 0 fully saturated rings. The van der Waals surface area contributed by atoms with Crippen molar-refractivity contribution in [2.45, 2.75) is 46.8 Å². The lowest BCUT2D eigenvalue weighted by atomic mass is 10.1. The van der Waals surface area contributed by atoms with E-state index in [9.17, 15) is 9.59 Å². The van der Waals surface area contributed by atoms with E-state index in [-0.39, 0.29) is 0 Å². The highest BCUT2D eigenvalue weighted by atomic mass is 16.6. The number of benzene rings is 1. The van der Waals surface area contributed by atoms with E-state index in [2.05, 4.69) is 5.32 Å². The number of rotatable bonds is 2. The van der Waals surface area contributed by atoms with Gasteiger partial charge < -0.3 is 10.1 Å². The van der Waals surface area contributed by atoms with Crippen molar-refractivity contribution in [3.05, 3.63) is 34.9 Å². The number of nitrogens with one attached hydrogen (secondary N) is 1. The molecule has 0 bridgehead atoms. The highest BCUT2D eigenvalue weighted by molar-refractivity contribution is 6.32. The molecule has 4 heteroatoms. The summed E-state index contributed by atoms with van der Waals surface area (Å²) in [5.74, 6) is -1.56. The zero-order valence-corrected chi connectivity index (χ0v) is 12.2. The number of carbonyl (C=O) groups is 2. The van der Waals surface area contributed by atoms with Crippen LogP contribution in [0, 0.1) is 13.8 Å². The van der Waals surface area contributed by atoms with Crippen LogP contribution in [0.3, 0.4) is 0 Å². The second kappa shape index (κ2) is 5.87. The number of esters is 1. The van der Waals surface area contributed by atoms with E-state index in [4.69, 9.17) is 4.74 Å². The Kier molecular flexibility index (Phi) is 4.70. The molecular formula is C15H21NO3. The number of aryl methyl sites for hydroxylation is 2. The lowest BCUT2D eigenvalue weighted by molar-refractivity contribution is -0.163. The summed E-state index contributed by atoms with van der Waals surface area (Å²) in [6.45, 7) is 9.48. The Morgan fingerprint density at radius 2 is 1.84 bits per heavy atom. The summed E-state index contributed by atoms with van der Waals surface area (Å²) in [5.41, 5.74) is 2.58. The minimum atomic E-state index is -0.850. The van der Waals surface area contributed by atoms with Crippen molar-refractivity contribution in [1.82, 2.24) is 5.32 Å². The SMILES string of the molecule is Cc1ccc(CNC(=O)C(=O)OC(C)(C)C)c(C)c1. The first-order valence-corrected chi connectivity index (χ1v) is 6.26. The van der Waals surface area contributed by atoms with Crippen molar-refractivity contribution >= 4 is 11.9 Å². The smallest absolute Gasteiger partial charge is 0.397 e. The van der Waals surface area contributed by atoms with Crippen molar-refractivity contribution < 1.29 is 14.3 Å². The van der Waals surface area contributed by atoms with Crippen LogP contribution in [0.5, 0.6) is 0 Å². The Balaban J connectivity index is 2.57. The number of hydrogen-bond donors (Lipinski definition) is 1. The minimum absolute atomic E-state index is 0.324. The molecule has 19 heavy (non-hydrogen) atoms. The fourth-order valence-electron chi connectivity index (χ4n) is 1.62. The summed E-state index contributed by atoms with van der Waals surface area (Å²) in [7, 11) is 0. The third kappa shape index (κ3) is 5.12. The summed E-state index contributed by atoms with van der Waals surface area (Å²) >= 11 is 0. The summed E-state index contributed by atoms with van der Waals surface area (Å²) in [6.07, 6.45) is 0. The zero-order valence-electron chi connectivity index (χ0n) is 12.2. The van der Waals surface area contributed by atoms with Crippen molar-refractivity contribution in [3.63, 3.8) is 0 Å². The van der Waals surface area contributed by atoms with Gasteiger partial charge in [0.05, 0.1) is 0 Å². The number of carbonyl (C=O) groups excluding carboxylic acids is 2. The summed E-state index contributed by atoms with van der Waals surface area (Å²) in [4.78, 5) is 23.1. The Morgan fingerprint density at radius 1 is 1.21 bits per heavy atom. The highest BCUT2D eigenvalue weighted by Gasteiger charge is 2.22. The van der Waals surface area contributed by atoms with Gasteiger partial charge in [-0.15, -0.1) is 0 Å². The maximum atomic E-state index is 11.6. The first-order chi connectivity index (χ1) is 8.69. The summed E-state index contributed by atoms with van der Waals surface area (Å²) < 4.78 is 4.99. The van der Waals surface area contributed by atoms with Crippen LogP contribution in [0.2, 0.25) is 0 Å². The van der Waals surface area contributed by atoms with Gasteiger partial charge in [0, 0.05) is 6.54 Å². The maximum absolute atomic E-state index is 11.6. The maximum Gasteiger partial charge on any atom is 0.397 e. The molecule has 0 heterocycles. The van der Waals surface area contributed by atoms with Crippen LogP contribution in [-0.2, 0) is 20.9 Å². The molecule has 0 spiro atoms. The summed E-state index contributed by atoms with van der Waals surface area (Å²) in [5, 5.41) is 2.57. The molecule has 0 aliphatic rings. The van der Waals surface area contributed by atoms with Crippen LogP contribution in [0.15, 0.2) is 18.2 Å². The monoisotopic (exact) mass is 263 g/mol. The average Bonchev–Trinajstić information content (AvgIpc) is 2.25. The quantitative estimate of drug-likeness (QED) is 0.657. The molecule has 0 unspecified atom stereocenters. The van der Waals surface area contributed by atoms with Crippen LogP contribution < -0.4 is 5.32 Å². The molecule has 104 valence electrons. The van der Waals surface area contributed by atoms with E-state index >= 15 is 0 Å². The molecule has 0 radical (unpaired) electrons. The normalized spacial score (nSPS) is 11.0. The largest absolute Gasteiger partial charge is 0.453 e. The molecule has 1 amide bonds. The third-order valence-corrected chi connectivity index (χ3v) is 2.52. The number of hydrogen-bond acceptors (Lipinski definition) is 3. The zero-order chi connectivity index (χ0) is 14.6. The van der Waals surface area contributed by atoms with E-state index in [1.807, 2.05) is 32.0 Å². The fraction of sp³-hybridized carbons (Fsp3) is 0.467. The van der Waals surface area contributed by atoms with Crippen molar-refractivity contribution in [1.29, 1.82) is 0 Å². The second-order valence-corrected chi connectivity index (χ2v) is 5.61. The van der Waals surface area contributed by atoms with E-state index in [1.54, 1.807) is 20.8 Å². The Morgan fingerprint density at radius 3 is 2.37 bits per heavy atom. The molecule has 4 nitrogen and oxygen atoms in total. The molecule has 0 saturated heterocycles. The molecule has 1 aromatic rings.